The quantitative estimate of drug-likeness (QED) is 0.0410. The van der Waals surface area contributed by atoms with Crippen LogP contribution in [0, 0.1) is 0 Å². The number of primary sulfonamides is 1. The molecule has 1 heterocycles. The van der Waals surface area contributed by atoms with Gasteiger partial charge in [0.2, 0.25) is 10.0 Å². The van der Waals surface area contributed by atoms with Crippen LogP contribution in [-0.2, 0) is 10.0 Å². The van der Waals surface area contributed by atoms with E-state index in [1.165, 1.54) is 0 Å². The molecule has 0 saturated carbocycles. The molecule has 2 rings (SSSR count). The molecule has 0 spiro atoms. The van der Waals surface area contributed by atoms with Crippen molar-refractivity contribution >= 4 is 33.5 Å². The number of benzene rings is 1. The number of hydrogen-bond acceptors (Lipinski definition) is 11. The fraction of sp³-hybridized carbons (Fsp3) is 0.588. The summed E-state index contributed by atoms with van der Waals surface area (Å²) in [5.74, 6) is 5.22. The van der Waals surface area contributed by atoms with Crippen LogP contribution >= 0.6 is 11.9 Å². The van der Waals surface area contributed by atoms with E-state index in [2.05, 4.69) is 25.6 Å². The fourth-order valence-electron chi connectivity index (χ4n) is 3.45. The number of nitrogens with two attached hydrogens (primary N) is 4. The zero-order valence-corrected chi connectivity index (χ0v) is 19.0. The van der Waals surface area contributed by atoms with E-state index in [1.54, 1.807) is 6.07 Å². The van der Waals surface area contributed by atoms with Crippen molar-refractivity contribution in [3.05, 3.63) is 17.7 Å². The molecule has 0 bridgehead atoms. The van der Waals surface area contributed by atoms with Gasteiger partial charge in [0.1, 0.15) is 4.90 Å². The minimum absolute atomic E-state index is 0.0773. The van der Waals surface area contributed by atoms with Crippen molar-refractivity contribution < 1.29 is 13.5 Å². The number of hydrazine groups is 1. The Balaban J connectivity index is 2.43. The molecule has 12 N–H and O–H groups in total. The van der Waals surface area contributed by atoms with Gasteiger partial charge in [-0.25, -0.2) is 24.9 Å². The lowest BCUT2D eigenvalue weighted by molar-refractivity contribution is 0.277. The number of amidine groups is 1. The molecule has 176 valence electrons. The van der Waals surface area contributed by atoms with Crippen molar-refractivity contribution in [2.24, 2.45) is 27.6 Å². The zero-order chi connectivity index (χ0) is 22.9. The third-order valence-corrected chi connectivity index (χ3v) is 6.90. The molecule has 0 radical (unpaired) electrons. The fourth-order valence-corrected chi connectivity index (χ4v) is 5.50. The number of aliphatic hydroxyl groups is 1. The Morgan fingerprint density at radius 1 is 1.29 bits per heavy atom. The Morgan fingerprint density at radius 3 is 2.58 bits per heavy atom. The number of piperidine rings is 1. The molecule has 1 aliphatic rings. The summed E-state index contributed by atoms with van der Waals surface area (Å²) in [5.41, 5.74) is 14.6. The Hall–Kier alpha value is -1.65. The van der Waals surface area contributed by atoms with Crippen LogP contribution in [0.2, 0.25) is 0 Å². The van der Waals surface area contributed by atoms with Gasteiger partial charge in [0, 0.05) is 42.8 Å². The summed E-state index contributed by atoms with van der Waals surface area (Å²) in [7, 11) is -4.14. The van der Waals surface area contributed by atoms with Crippen molar-refractivity contribution in [2.75, 3.05) is 44.2 Å². The van der Waals surface area contributed by atoms with Crippen LogP contribution < -0.4 is 42.9 Å². The molecule has 0 amide bonds. The Labute approximate surface area is 187 Å². The van der Waals surface area contributed by atoms with Crippen molar-refractivity contribution in [2.45, 2.75) is 35.1 Å². The SMILES string of the molecule is NCCCNSc1ccc(N2CCC(NCCO)CC2)c(/C(N)=N/NN)c1S(N)(=O)=O. The minimum atomic E-state index is -4.14. The highest BCUT2D eigenvalue weighted by Gasteiger charge is 2.29. The van der Waals surface area contributed by atoms with E-state index in [1.807, 2.05) is 6.07 Å². The van der Waals surface area contributed by atoms with E-state index in [0.29, 0.717) is 43.3 Å². The third-order valence-electron chi connectivity index (χ3n) is 4.87. The Bertz CT molecular complexity index is 843. The lowest BCUT2D eigenvalue weighted by Crippen LogP contribution is -2.44. The number of nitrogens with one attached hydrogen (secondary N) is 3. The van der Waals surface area contributed by atoms with Crippen LogP contribution in [-0.4, -0.2) is 64.7 Å². The standard InChI is InChI=1S/C17H33N9O3S2/c18-6-1-7-23-30-14-3-2-13(26-9-4-12(5-10-26)22-8-11-27)15(17(19)24-25-20)16(14)31(21,28)29/h2-3,12,22-23,25,27H,1,4-11,18,20H2,(H2,19,24)(H2,21,28,29). The van der Waals surface area contributed by atoms with Gasteiger partial charge in [-0.2, -0.15) is 0 Å². The van der Waals surface area contributed by atoms with Crippen LogP contribution in [0.5, 0.6) is 0 Å². The smallest absolute Gasteiger partial charge is 0.240 e. The van der Waals surface area contributed by atoms with Gasteiger partial charge in [-0.05, 0) is 49.9 Å². The molecule has 0 unspecified atom stereocenters. The summed E-state index contributed by atoms with van der Waals surface area (Å²) in [5, 5.41) is 21.7. The minimum Gasteiger partial charge on any atom is -0.395 e. The van der Waals surface area contributed by atoms with Gasteiger partial charge in [-0.15, -0.1) is 5.10 Å². The van der Waals surface area contributed by atoms with Crippen LogP contribution in [0.1, 0.15) is 24.8 Å². The van der Waals surface area contributed by atoms with Gasteiger partial charge >= 0.3 is 0 Å². The summed E-state index contributed by atoms with van der Waals surface area (Å²) >= 11 is 1.15. The first-order chi connectivity index (χ1) is 14.8. The number of sulfonamides is 1. The van der Waals surface area contributed by atoms with E-state index >= 15 is 0 Å². The molecular formula is C17H33N9O3S2. The second-order valence-corrected chi connectivity index (χ2v) is 9.47. The van der Waals surface area contributed by atoms with Crippen LogP contribution in [0.25, 0.3) is 0 Å². The Kier molecular flexibility index (Phi) is 10.2. The van der Waals surface area contributed by atoms with Crippen LogP contribution in [0.15, 0.2) is 27.0 Å². The molecule has 1 saturated heterocycles. The van der Waals surface area contributed by atoms with Crippen molar-refractivity contribution in [1.82, 2.24) is 15.6 Å². The highest BCUT2D eigenvalue weighted by molar-refractivity contribution is 7.98. The predicted molar refractivity (Wildman–Crippen MR) is 124 cm³/mol. The molecule has 0 atom stereocenters. The van der Waals surface area contributed by atoms with Gasteiger partial charge in [0.05, 0.1) is 12.2 Å². The summed E-state index contributed by atoms with van der Waals surface area (Å²) < 4.78 is 28.3. The summed E-state index contributed by atoms with van der Waals surface area (Å²) in [4.78, 5) is 2.36. The molecule has 1 aliphatic heterocycles. The molecule has 14 heteroatoms. The van der Waals surface area contributed by atoms with E-state index in [-0.39, 0.29) is 28.9 Å². The van der Waals surface area contributed by atoms with E-state index in [0.717, 1.165) is 31.2 Å². The van der Waals surface area contributed by atoms with Gasteiger partial charge < -0.3 is 26.8 Å². The second-order valence-electron chi connectivity index (χ2n) is 7.04. The maximum Gasteiger partial charge on any atom is 0.240 e. The first-order valence-corrected chi connectivity index (χ1v) is 12.4. The second kappa shape index (κ2) is 12.4. The third kappa shape index (κ3) is 7.18. The summed E-state index contributed by atoms with van der Waals surface area (Å²) in [6.45, 7) is 3.08. The molecule has 12 nitrogen and oxygen atoms in total. The number of hydrazone groups is 1. The topological polar surface area (TPSA) is 210 Å². The van der Waals surface area contributed by atoms with E-state index in [9.17, 15) is 8.42 Å². The highest BCUT2D eigenvalue weighted by atomic mass is 32.2. The van der Waals surface area contributed by atoms with Crippen molar-refractivity contribution in [1.29, 1.82) is 0 Å². The summed E-state index contributed by atoms with van der Waals surface area (Å²) in [6, 6.07) is 3.80. The maximum absolute atomic E-state index is 12.6. The van der Waals surface area contributed by atoms with Crippen molar-refractivity contribution in [3.63, 3.8) is 0 Å². The molecule has 1 aromatic carbocycles. The molecule has 1 aromatic rings. The van der Waals surface area contributed by atoms with Gasteiger partial charge in [-0.1, -0.05) is 0 Å². The molecular weight excluding hydrogens is 442 g/mol. The van der Waals surface area contributed by atoms with Crippen molar-refractivity contribution in [3.8, 4) is 0 Å². The predicted octanol–water partition coefficient (Wildman–Crippen LogP) is -2.09. The van der Waals surface area contributed by atoms with E-state index < -0.39 is 10.0 Å². The molecule has 0 aromatic heterocycles. The van der Waals surface area contributed by atoms with Gasteiger partial charge in [-0.3, -0.25) is 4.72 Å². The average Bonchev–Trinajstić information content (AvgIpc) is 2.74. The Morgan fingerprint density at radius 2 is 2.00 bits per heavy atom. The first-order valence-electron chi connectivity index (χ1n) is 10.0. The maximum atomic E-state index is 12.6. The van der Waals surface area contributed by atoms with Crippen LogP contribution in [0.4, 0.5) is 5.69 Å². The zero-order valence-electron chi connectivity index (χ0n) is 17.4. The lowest BCUT2D eigenvalue weighted by Gasteiger charge is -2.35. The number of nitrogens with zero attached hydrogens (tertiary/aromatic N) is 2. The normalized spacial score (nSPS) is 16.0. The largest absolute Gasteiger partial charge is 0.395 e. The van der Waals surface area contributed by atoms with E-state index in [4.69, 9.17) is 27.6 Å². The summed E-state index contributed by atoms with van der Waals surface area (Å²) in [6.07, 6.45) is 2.39. The number of aliphatic hydroxyl groups excluding tert-OH is 1. The number of anilines is 1. The average molecular weight is 476 g/mol. The molecule has 1 fully saturated rings. The number of rotatable bonds is 12. The first kappa shape index (κ1) is 25.6. The highest BCUT2D eigenvalue weighted by Crippen LogP contribution is 2.35. The van der Waals surface area contributed by atoms with Gasteiger partial charge in [0.15, 0.2) is 5.84 Å². The number of hydrogen-bond donors (Lipinski definition) is 8. The lowest BCUT2D eigenvalue weighted by atomic mass is 10.0. The van der Waals surface area contributed by atoms with Crippen LogP contribution in [0.3, 0.4) is 0 Å². The monoisotopic (exact) mass is 475 g/mol. The molecule has 31 heavy (non-hydrogen) atoms. The van der Waals surface area contributed by atoms with Gasteiger partial charge in [0.25, 0.3) is 0 Å². The molecule has 0 aliphatic carbocycles.